The summed E-state index contributed by atoms with van der Waals surface area (Å²) in [6, 6.07) is 0. The van der Waals surface area contributed by atoms with Crippen LogP contribution in [-0.2, 0) is 4.79 Å². The molecule has 0 unspecified atom stereocenters. The van der Waals surface area contributed by atoms with Gasteiger partial charge in [0.05, 0.1) is 0 Å². The molecule has 0 heterocycles. The molecule has 0 aliphatic rings. The number of carbonyl (C=O) groups is 1. The average Bonchev–Trinajstić information content (AvgIpc) is 2.31. The first kappa shape index (κ1) is 15.4. The number of hydrogen-bond acceptors (Lipinski definition) is 1. The Morgan fingerprint density at radius 1 is 0.688 bits per heavy atom. The second-order valence-electron chi connectivity index (χ2n) is 4.48. The molecule has 1 heteroatoms. The summed E-state index contributed by atoms with van der Waals surface area (Å²) in [7, 11) is 0. The van der Waals surface area contributed by atoms with E-state index in [4.69, 9.17) is 0 Å². The zero-order chi connectivity index (χ0) is 11.9. The second-order valence-corrected chi connectivity index (χ2v) is 4.48. The van der Waals surface area contributed by atoms with E-state index in [1.165, 1.54) is 57.8 Å². The van der Waals surface area contributed by atoms with Gasteiger partial charge in [-0.2, -0.15) is 0 Å². The van der Waals surface area contributed by atoms with Crippen molar-refractivity contribution in [2.24, 2.45) is 0 Å². The van der Waals surface area contributed by atoms with Crippen LogP contribution in [0.3, 0.4) is 0 Å². The Morgan fingerprint density at radius 2 is 1.19 bits per heavy atom. The van der Waals surface area contributed by atoms with E-state index in [-0.39, 0.29) is 0 Å². The third-order valence-corrected chi connectivity index (χ3v) is 2.81. The van der Waals surface area contributed by atoms with Crippen LogP contribution >= 0.6 is 0 Å². The summed E-state index contributed by atoms with van der Waals surface area (Å²) < 4.78 is 0. The molecule has 0 saturated carbocycles. The highest BCUT2D eigenvalue weighted by Gasteiger charge is 1.90. The van der Waals surface area contributed by atoms with Crippen molar-refractivity contribution in [2.45, 2.75) is 77.6 Å². The number of carbonyl (C=O) groups excluding carboxylic acids is 1. The predicted molar refractivity (Wildman–Crippen MR) is 71.7 cm³/mol. The van der Waals surface area contributed by atoms with Crippen molar-refractivity contribution in [3.05, 3.63) is 12.2 Å². The van der Waals surface area contributed by atoms with Crippen LogP contribution in [0.4, 0.5) is 0 Å². The first-order valence-electron chi connectivity index (χ1n) is 7.00. The highest BCUT2D eigenvalue weighted by Crippen LogP contribution is 2.09. The quantitative estimate of drug-likeness (QED) is 0.257. The molecule has 1 nitrogen and oxygen atoms in total. The Labute approximate surface area is 101 Å². The fraction of sp³-hybridized carbons (Fsp3) is 0.800. The van der Waals surface area contributed by atoms with Crippen LogP contribution in [0.1, 0.15) is 77.6 Å². The van der Waals surface area contributed by atoms with E-state index in [1.807, 2.05) is 0 Å². The molecule has 0 atom stereocenters. The molecule has 94 valence electrons. The standard InChI is InChI=1S/C15H28O/c1-2-3-4-5-6-7-8-9-10-11-12-13-14-15-16/h4-5,15H,2-3,6-14H2,1H3/b5-4-. The summed E-state index contributed by atoms with van der Waals surface area (Å²) in [5.74, 6) is 0. The van der Waals surface area contributed by atoms with Gasteiger partial charge in [0, 0.05) is 6.42 Å². The minimum absolute atomic E-state index is 0.752. The molecule has 0 aliphatic heterocycles. The molecular weight excluding hydrogens is 196 g/mol. The molecule has 0 aromatic rings. The Bertz CT molecular complexity index is 161. The van der Waals surface area contributed by atoms with Gasteiger partial charge >= 0.3 is 0 Å². The maximum Gasteiger partial charge on any atom is 0.119 e. The van der Waals surface area contributed by atoms with Crippen molar-refractivity contribution in [1.29, 1.82) is 0 Å². The van der Waals surface area contributed by atoms with Crippen molar-refractivity contribution >= 4 is 6.29 Å². The van der Waals surface area contributed by atoms with E-state index >= 15 is 0 Å². The summed E-state index contributed by atoms with van der Waals surface area (Å²) in [6.45, 7) is 2.22. The predicted octanol–water partition coefficient (Wildman–Crippen LogP) is 5.05. The second kappa shape index (κ2) is 14.4. The van der Waals surface area contributed by atoms with Crippen molar-refractivity contribution < 1.29 is 4.79 Å². The van der Waals surface area contributed by atoms with E-state index < -0.39 is 0 Å². The topological polar surface area (TPSA) is 17.1 Å². The van der Waals surface area contributed by atoms with Crippen LogP contribution in [0.25, 0.3) is 0 Å². The molecule has 0 aromatic heterocycles. The first-order chi connectivity index (χ1) is 7.91. The molecule has 16 heavy (non-hydrogen) atoms. The summed E-state index contributed by atoms with van der Waals surface area (Å²) in [5, 5.41) is 0. The summed E-state index contributed by atoms with van der Waals surface area (Å²) >= 11 is 0. The lowest BCUT2D eigenvalue weighted by Gasteiger charge is -1.99. The maximum absolute atomic E-state index is 10.1. The number of unbranched alkanes of at least 4 members (excludes halogenated alkanes) is 9. The largest absolute Gasteiger partial charge is 0.303 e. The Balaban J connectivity index is 2.95. The van der Waals surface area contributed by atoms with Gasteiger partial charge in [0.1, 0.15) is 6.29 Å². The van der Waals surface area contributed by atoms with Gasteiger partial charge in [0.2, 0.25) is 0 Å². The van der Waals surface area contributed by atoms with E-state index in [9.17, 15) is 4.79 Å². The molecule has 0 bridgehead atoms. The zero-order valence-electron chi connectivity index (χ0n) is 10.9. The number of hydrogen-bond donors (Lipinski definition) is 0. The van der Waals surface area contributed by atoms with Crippen molar-refractivity contribution in [3.8, 4) is 0 Å². The van der Waals surface area contributed by atoms with E-state index in [2.05, 4.69) is 19.1 Å². The van der Waals surface area contributed by atoms with Gasteiger partial charge in [-0.15, -0.1) is 0 Å². The van der Waals surface area contributed by atoms with Gasteiger partial charge in [0.15, 0.2) is 0 Å². The summed E-state index contributed by atoms with van der Waals surface area (Å²) in [6.07, 6.45) is 19.2. The Kier molecular flexibility index (Phi) is 13.9. The molecule has 0 radical (unpaired) electrons. The van der Waals surface area contributed by atoms with Crippen molar-refractivity contribution in [2.75, 3.05) is 0 Å². The summed E-state index contributed by atoms with van der Waals surface area (Å²) in [5.41, 5.74) is 0. The van der Waals surface area contributed by atoms with Gasteiger partial charge in [-0.25, -0.2) is 0 Å². The van der Waals surface area contributed by atoms with Gasteiger partial charge in [0.25, 0.3) is 0 Å². The normalized spacial score (nSPS) is 11.1. The van der Waals surface area contributed by atoms with Gasteiger partial charge in [-0.3, -0.25) is 0 Å². The van der Waals surface area contributed by atoms with Crippen molar-refractivity contribution in [3.63, 3.8) is 0 Å². The number of aldehydes is 1. The van der Waals surface area contributed by atoms with Crippen LogP contribution in [0.5, 0.6) is 0 Å². The maximum atomic E-state index is 10.1. The Morgan fingerprint density at radius 3 is 1.75 bits per heavy atom. The lowest BCUT2D eigenvalue weighted by Crippen LogP contribution is -1.81. The Hall–Kier alpha value is -0.590. The van der Waals surface area contributed by atoms with Crippen molar-refractivity contribution in [1.82, 2.24) is 0 Å². The minimum atomic E-state index is 0.752. The molecule has 0 N–H and O–H groups in total. The van der Waals surface area contributed by atoms with E-state index in [0.717, 1.165) is 19.1 Å². The van der Waals surface area contributed by atoms with Crippen LogP contribution in [0.2, 0.25) is 0 Å². The molecule has 0 aromatic carbocycles. The molecule has 0 amide bonds. The monoisotopic (exact) mass is 224 g/mol. The minimum Gasteiger partial charge on any atom is -0.303 e. The fourth-order valence-corrected chi connectivity index (χ4v) is 1.78. The van der Waals surface area contributed by atoms with Crippen LogP contribution in [0, 0.1) is 0 Å². The third kappa shape index (κ3) is 13.4. The van der Waals surface area contributed by atoms with Gasteiger partial charge in [-0.05, 0) is 25.7 Å². The molecular formula is C15H28O. The summed E-state index contributed by atoms with van der Waals surface area (Å²) in [4.78, 5) is 10.1. The molecule has 0 spiro atoms. The van der Waals surface area contributed by atoms with Crippen LogP contribution < -0.4 is 0 Å². The number of rotatable bonds is 12. The highest BCUT2D eigenvalue weighted by molar-refractivity contribution is 5.48. The van der Waals surface area contributed by atoms with E-state index in [1.54, 1.807) is 0 Å². The lowest BCUT2D eigenvalue weighted by molar-refractivity contribution is -0.107. The average molecular weight is 224 g/mol. The van der Waals surface area contributed by atoms with Crippen LogP contribution in [0.15, 0.2) is 12.2 Å². The fourth-order valence-electron chi connectivity index (χ4n) is 1.78. The smallest absolute Gasteiger partial charge is 0.119 e. The van der Waals surface area contributed by atoms with E-state index in [0.29, 0.717) is 0 Å². The molecule has 0 saturated heterocycles. The van der Waals surface area contributed by atoms with Gasteiger partial charge < -0.3 is 4.79 Å². The third-order valence-electron chi connectivity index (χ3n) is 2.81. The number of allylic oxidation sites excluding steroid dienone is 2. The highest BCUT2D eigenvalue weighted by atomic mass is 16.1. The molecule has 0 rings (SSSR count). The molecule has 0 fully saturated rings. The van der Waals surface area contributed by atoms with Crippen LogP contribution in [-0.4, -0.2) is 6.29 Å². The zero-order valence-corrected chi connectivity index (χ0v) is 10.9. The lowest BCUT2D eigenvalue weighted by atomic mass is 10.1. The van der Waals surface area contributed by atoms with Gasteiger partial charge in [-0.1, -0.05) is 57.6 Å². The first-order valence-corrected chi connectivity index (χ1v) is 7.00. The SMILES string of the molecule is CCC/C=C\CCCCCCCCCC=O. The molecule has 0 aliphatic carbocycles.